The summed E-state index contributed by atoms with van der Waals surface area (Å²) in [7, 11) is 1.48. The Morgan fingerprint density at radius 2 is 1.88 bits per heavy atom. The van der Waals surface area contributed by atoms with Gasteiger partial charge in [0.25, 0.3) is 5.91 Å². The Labute approximate surface area is 154 Å². The van der Waals surface area contributed by atoms with Crippen LogP contribution in [0.2, 0.25) is 0 Å². The van der Waals surface area contributed by atoms with Gasteiger partial charge in [0.1, 0.15) is 16.5 Å². The highest BCUT2D eigenvalue weighted by Crippen LogP contribution is 2.28. The fourth-order valence-corrected chi connectivity index (χ4v) is 3.16. The minimum atomic E-state index is -0.585. The Bertz CT molecular complexity index is 964. The van der Waals surface area contributed by atoms with Crippen LogP contribution >= 0.6 is 11.3 Å². The molecule has 2 aromatic carbocycles. The minimum absolute atomic E-state index is 0.278. The Morgan fingerprint density at radius 3 is 2.54 bits per heavy atom. The Morgan fingerprint density at radius 1 is 1.15 bits per heavy atom. The van der Waals surface area contributed by atoms with Crippen molar-refractivity contribution in [3.05, 3.63) is 64.7 Å². The van der Waals surface area contributed by atoms with Crippen LogP contribution in [0.3, 0.4) is 0 Å². The molecule has 0 atom stereocenters. The first-order valence-corrected chi connectivity index (χ1v) is 8.67. The van der Waals surface area contributed by atoms with Gasteiger partial charge in [0.05, 0.1) is 12.8 Å². The molecule has 0 aliphatic rings. The molecule has 0 aliphatic heterocycles. The van der Waals surface area contributed by atoms with Gasteiger partial charge in [-0.2, -0.15) is 0 Å². The van der Waals surface area contributed by atoms with Crippen molar-refractivity contribution in [2.24, 2.45) is 5.73 Å². The third kappa shape index (κ3) is 3.73. The summed E-state index contributed by atoms with van der Waals surface area (Å²) in [5.74, 6) is -0.546. The van der Waals surface area contributed by atoms with Gasteiger partial charge in [0, 0.05) is 16.5 Å². The van der Waals surface area contributed by atoms with Crippen molar-refractivity contribution in [1.29, 1.82) is 0 Å². The maximum atomic E-state index is 12.5. The highest BCUT2D eigenvalue weighted by Gasteiger charge is 2.15. The lowest BCUT2D eigenvalue weighted by Gasteiger charge is -2.10. The maximum absolute atomic E-state index is 12.5. The number of ether oxygens (including phenoxy) is 1. The molecule has 6 nitrogen and oxygen atoms in total. The molecule has 2 amide bonds. The van der Waals surface area contributed by atoms with E-state index in [-0.39, 0.29) is 17.2 Å². The van der Waals surface area contributed by atoms with E-state index in [9.17, 15) is 9.59 Å². The number of aromatic nitrogens is 1. The zero-order chi connectivity index (χ0) is 18.7. The number of thiazole rings is 1. The summed E-state index contributed by atoms with van der Waals surface area (Å²) in [6.45, 7) is 2.01. The van der Waals surface area contributed by atoms with Gasteiger partial charge in [-0.25, -0.2) is 4.98 Å². The molecule has 1 heterocycles. The highest BCUT2D eigenvalue weighted by atomic mass is 32.1. The predicted octanol–water partition coefficient (Wildman–Crippen LogP) is 3.48. The van der Waals surface area contributed by atoms with Gasteiger partial charge in [-0.3, -0.25) is 9.59 Å². The van der Waals surface area contributed by atoms with E-state index >= 15 is 0 Å². The molecule has 7 heteroatoms. The zero-order valence-corrected chi connectivity index (χ0v) is 15.1. The van der Waals surface area contributed by atoms with Crippen LogP contribution in [0.15, 0.2) is 47.8 Å². The number of aryl methyl sites for hydroxylation is 1. The van der Waals surface area contributed by atoms with E-state index in [2.05, 4.69) is 10.3 Å². The van der Waals surface area contributed by atoms with Crippen molar-refractivity contribution in [2.75, 3.05) is 12.4 Å². The van der Waals surface area contributed by atoms with Crippen molar-refractivity contribution < 1.29 is 14.3 Å². The van der Waals surface area contributed by atoms with Crippen LogP contribution < -0.4 is 15.8 Å². The monoisotopic (exact) mass is 367 g/mol. The van der Waals surface area contributed by atoms with E-state index in [1.165, 1.54) is 30.6 Å². The van der Waals surface area contributed by atoms with Gasteiger partial charge >= 0.3 is 0 Å². The third-order valence-corrected chi connectivity index (χ3v) is 4.66. The van der Waals surface area contributed by atoms with Crippen LogP contribution in [0.5, 0.6) is 5.75 Å². The molecule has 0 saturated heterocycles. The number of carbonyl (C=O) groups excluding carboxylic acids is 2. The third-order valence-electron chi connectivity index (χ3n) is 3.77. The second-order valence-electron chi connectivity index (χ2n) is 5.64. The van der Waals surface area contributed by atoms with Gasteiger partial charge < -0.3 is 15.8 Å². The number of amides is 2. The molecule has 0 saturated carbocycles. The number of nitrogens with two attached hydrogens (primary N) is 1. The van der Waals surface area contributed by atoms with Crippen molar-refractivity contribution >= 4 is 28.8 Å². The Balaban J connectivity index is 1.84. The van der Waals surface area contributed by atoms with Gasteiger partial charge in [-0.1, -0.05) is 29.8 Å². The van der Waals surface area contributed by atoms with Crippen LogP contribution in [0, 0.1) is 6.92 Å². The number of primary amides is 1. The Hall–Kier alpha value is -3.19. The molecule has 3 N–H and O–H groups in total. The number of rotatable bonds is 5. The summed E-state index contributed by atoms with van der Waals surface area (Å²) in [5, 5.41) is 5.17. The van der Waals surface area contributed by atoms with Crippen molar-refractivity contribution in [3.8, 4) is 16.3 Å². The number of anilines is 1. The normalized spacial score (nSPS) is 10.4. The van der Waals surface area contributed by atoms with E-state index in [0.29, 0.717) is 11.4 Å². The van der Waals surface area contributed by atoms with Crippen molar-refractivity contribution in [3.63, 3.8) is 0 Å². The quantitative estimate of drug-likeness (QED) is 0.722. The summed E-state index contributed by atoms with van der Waals surface area (Å²) >= 11 is 1.39. The largest absolute Gasteiger partial charge is 0.495 e. The maximum Gasteiger partial charge on any atom is 0.275 e. The minimum Gasteiger partial charge on any atom is -0.495 e. The van der Waals surface area contributed by atoms with E-state index in [0.717, 1.165) is 16.1 Å². The molecule has 132 valence electrons. The number of hydrogen-bond acceptors (Lipinski definition) is 5. The van der Waals surface area contributed by atoms with E-state index in [1.807, 2.05) is 31.2 Å². The molecule has 0 fully saturated rings. The lowest BCUT2D eigenvalue weighted by Crippen LogP contribution is -2.15. The second-order valence-corrected chi connectivity index (χ2v) is 6.50. The summed E-state index contributed by atoms with van der Waals surface area (Å²) < 4.78 is 5.22. The summed E-state index contributed by atoms with van der Waals surface area (Å²) in [5.41, 5.74) is 8.33. The van der Waals surface area contributed by atoms with E-state index in [1.54, 1.807) is 11.4 Å². The fraction of sp³-hybridized carbons (Fsp3) is 0.105. The van der Waals surface area contributed by atoms with Crippen LogP contribution in [-0.2, 0) is 0 Å². The standard InChI is InChI=1S/C19H17N3O3S/c1-11-3-5-12(6-4-11)19-22-15(10-26-19)18(24)21-14-9-13(17(20)23)7-8-16(14)25-2/h3-10H,1-2H3,(H2,20,23)(H,21,24). The lowest BCUT2D eigenvalue weighted by molar-refractivity contribution is 0.0995. The van der Waals surface area contributed by atoms with Gasteiger partial charge in [-0.05, 0) is 25.1 Å². The number of carbonyl (C=O) groups is 2. The fourth-order valence-electron chi connectivity index (χ4n) is 2.35. The summed E-state index contributed by atoms with van der Waals surface area (Å²) in [6.07, 6.45) is 0. The van der Waals surface area contributed by atoms with Gasteiger partial charge in [-0.15, -0.1) is 11.3 Å². The summed E-state index contributed by atoms with van der Waals surface area (Å²) in [4.78, 5) is 28.3. The molecule has 0 spiro atoms. The smallest absolute Gasteiger partial charge is 0.275 e. The van der Waals surface area contributed by atoms with Crippen LogP contribution in [0.25, 0.3) is 10.6 Å². The number of nitrogens with one attached hydrogen (secondary N) is 1. The zero-order valence-electron chi connectivity index (χ0n) is 14.3. The van der Waals surface area contributed by atoms with Crippen molar-refractivity contribution in [2.45, 2.75) is 6.92 Å². The molecule has 0 bridgehead atoms. The van der Waals surface area contributed by atoms with Crippen LogP contribution in [0.4, 0.5) is 5.69 Å². The van der Waals surface area contributed by atoms with Crippen LogP contribution in [-0.4, -0.2) is 23.9 Å². The molecular weight excluding hydrogens is 350 g/mol. The topological polar surface area (TPSA) is 94.3 Å². The molecule has 26 heavy (non-hydrogen) atoms. The predicted molar refractivity (Wildman–Crippen MR) is 102 cm³/mol. The number of nitrogens with zero attached hydrogens (tertiary/aromatic N) is 1. The number of methoxy groups -OCH3 is 1. The second kappa shape index (κ2) is 7.37. The van der Waals surface area contributed by atoms with Gasteiger partial charge in [0.2, 0.25) is 5.91 Å². The molecule has 1 aromatic heterocycles. The van der Waals surface area contributed by atoms with Crippen molar-refractivity contribution in [1.82, 2.24) is 4.98 Å². The van der Waals surface area contributed by atoms with Crippen LogP contribution in [0.1, 0.15) is 26.4 Å². The first kappa shape index (κ1) is 17.6. The molecule has 3 aromatic rings. The molecule has 3 rings (SSSR count). The SMILES string of the molecule is COc1ccc(C(N)=O)cc1NC(=O)c1csc(-c2ccc(C)cc2)n1. The highest BCUT2D eigenvalue weighted by molar-refractivity contribution is 7.13. The summed E-state index contributed by atoms with van der Waals surface area (Å²) in [6, 6.07) is 12.5. The van der Waals surface area contributed by atoms with Gasteiger partial charge in [0.15, 0.2) is 0 Å². The lowest BCUT2D eigenvalue weighted by atomic mass is 10.1. The molecule has 0 unspecified atom stereocenters. The first-order valence-electron chi connectivity index (χ1n) is 7.79. The first-order chi connectivity index (χ1) is 12.5. The Kier molecular flexibility index (Phi) is 4.99. The van der Waals surface area contributed by atoms with E-state index < -0.39 is 5.91 Å². The average molecular weight is 367 g/mol. The molecular formula is C19H17N3O3S. The number of benzene rings is 2. The number of hydrogen-bond donors (Lipinski definition) is 2. The molecule has 0 radical (unpaired) electrons. The average Bonchev–Trinajstić information content (AvgIpc) is 3.12. The van der Waals surface area contributed by atoms with E-state index in [4.69, 9.17) is 10.5 Å². The molecule has 0 aliphatic carbocycles.